The van der Waals surface area contributed by atoms with Gasteiger partial charge in [-0.05, 0) is 6.92 Å². The lowest BCUT2D eigenvalue weighted by Crippen LogP contribution is -1.91. The fourth-order valence-corrected chi connectivity index (χ4v) is 1.35. The molecule has 0 saturated carbocycles. The summed E-state index contributed by atoms with van der Waals surface area (Å²) in [6, 6.07) is 6.70. The van der Waals surface area contributed by atoms with Crippen molar-refractivity contribution in [3.8, 4) is 11.3 Å². The largest absolute Gasteiger partial charge is 0.295 e. The van der Waals surface area contributed by atoms with Crippen LogP contribution in [0.25, 0.3) is 11.3 Å². The molecule has 4 heteroatoms. The van der Waals surface area contributed by atoms with Crippen LogP contribution in [0.4, 0.5) is 4.39 Å². The van der Waals surface area contributed by atoms with Crippen LogP contribution >= 0.6 is 0 Å². The molecule has 1 heterocycles. The maximum atomic E-state index is 13.1. The van der Waals surface area contributed by atoms with Crippen molar-refractivity contribution in [2.24, 2.45) is 0 Å². The van der Waals surface area contributed by atoms with Crippen LogP contribution in [0.1, 0.15) is 17.3 Å². The summed E-state index contributed by atoms with van der Waals surface area (Å²) in [7, 11) is 0. The maximum Gasteiger partial charge on any atom is 0.168 e. The molecule has 15 heavy (non-hydrogen) atoms. The fourth-order valence-electron chi connectivity index (χ4n) is 1.35. The number of carbonyl (C=O) groups excluding carboxylic acids is 1. The molecule has 0 radical (unpaired) electrons. The van der Waals surface area contributed by atoms with E-state index in [4.69, 9.17) is 0 Å². The Morgan fingerprint density at radius 1 is 1.33 bits per heavy atom. The van der Waals surface area contributed by atoms with Crippen LogP contribution in [0, 0.1) is 5.82 Å². The SMILES string of the molecule is CC(=O)c1ccc(-c2[nH]ncc2F)cc1. The molecule has 0 aliphatic rings. The highest BCUT2D eigenvalue weighted by atomic mass is 19.1. The van der Waals surface area contributed by atoms with Crippen molar-refractivity contribution >= 4 is 5.78 Å². The summed E-state index contributed by atoms with van der Waals surface area (Å²) >= 11 is 0. The Morgan fingerprint density at radius 3 is 2.47 bits per heavy atom. The van der Waals surface area contributed by atoms with Gasteiger partial charge in [0.1, 0.15) is 5.69 Å². The van der Waals surface area contributed by atoms with E-state index in [9.17, 15) is 9.18 Å². The summed E-state index contributed by atoms with van der Waals surface area (Å²) in [4.78, 5) is 11.0. The molecule has 0 unspecified atom stereocenters. The third kappa shape index (κ3) is 1.79. The Hall–Kier alpha value is -1.97. The number of nitrogens with one attached hydrogen (secondary N) is 1. The van der Waals surface area contributed by atoms with Gasteiger partial charge in [-0.15, -0.1) is 0 Å². The molecule has 1 aromatic carbocycles. The van der Waals surface area contributed by atoms with E-state index in [-0.39, 0.29) is 5.78 Å². The number of hydrogen-bond acceptors (Lipinski definition) is 2. The molecule has 0 aliphatic carbocycles. The number of rotatable bonds is 2. The number of hydrogen-bond donors (Lipinski definition) is 1. The zero-order valence-electron chi connectivity index (χ0n) is 8.12. The molecule has 0 spiro atoms. The van der Waals surface area contributed by atoms with Gasteiger partial charge in [0.15, 0.2) is 11.6 Å². The summed E-state index contributed by atoms with van der Waals surface area (Å²) in [5.41, 5.74) is 1.62. The zero-order valence-corrected chi connectivity index (χ0v) is 8.12. The van der Waals surface area contributed by atoms with Gasteiger partial charge in [-0.25, -0.2) is 4.39 Å². The van der Waals surface area contributed by atoms with E-state index >= 15 is 0 Å². The number of aromatic amines is 1. The number of Topliss-reactive ketones (excluding diaryl/α,β-unsaturated/α-hetero) is 1. The highest BCUT2D eigenvalue weighted by molar-refractivity contribution is 5.94. The van der Waals surface area contributed by atoms with Gasteiger partial charge in [0.25, 0.3) is 0 Å². The predicted octanol–water partition coefficient (Wildman–Crippen LogP) is 2.42. The fraction of sp³-hybridized carbons (Fsp3) is 0.0909. The molecule has 1 aromatic heterocycles. The third-order valence-corrected chi connectivity index (χ3v) is 2.17. The van der Waals surface area contributed by atoms with Gasteiger partial charge in [-0.3, -0.25) is 9.89 Å². The standard InChI is InChI=1S/C11H9FN2O/c1-7(15)8-2-4-9(5-3-8)11-10(12)6-13-14-11/h2-6H,1H3,(H,13,14). The Balaban J connectivity index is 2.40. The number of H-pyrrole nitrogens is 1. The topological polar surface area (TPSA) is 45.8 Å². The Kier molecular flexibility index (Phi) is 2.33. The average molecular weight is 204 g/mol. The zero-order chi connectivity index (χ0) is 10.8. The number of nitrogens with zero attached hydrogens (tertiary/aromatic N) is 1. The highest BCUT2D eigenvalue weighted by Crippen LogP contribution is 2.20. The second kappa shape index (κ2) is 3.65. The van der Waals surface area contributed by atoms with Crippen LogP contribution in [0.15, 0.2) is 30.5 Å². The van der Waals surface area contributed by atoms with Gasteiger partial charge >= 0.3 is 0 Å². The second-order valence-electron chi connectivity index (χ2n) is 3.23. The van der Waals surface area contributed by atoms with Crippen LogP contribution in [-0.4, -0.2) is 16.0 Å². The summed E-state index contributed by atoms with van der Waals surface area (Å²) < 4.78 is 13.1. The van der Waals surface area contributed by atoms with Gasteiger partial charge in [-0.2, -0.15) is 5.10 Å². The number of benzene rings is 1. The van der Waals surface area contributed by atoms with Crippen molar-refractivity contribution in [3.63, 3.8) is 0 Å². The molecule has 3 nitrogen and oxygen atoms in total. The average Bonchev–Trinajstić information content (AvgIpc) is 2.65. The first-order chi connectivity index (χ1) is 7.18. The van der Waals surface area contributed by atoms with E-state index in [2.05, 4.69) is 10.2 Å². The van der Waals surface area contributed by atoms with Crippen molar-refractivity contribution in [2.45, 2.75) is 6.92 Å². The van der Waals surface area contributed by atoms with Gasteiger partial charge in [0.2, 0.25) is 0 Å². The monoisotopic (exact) mass is 204 g/mol. The molecular weight excluding hydrogens is 195 g/mol. The molecule has 0 atom stereocenters. The summed E-state index contributed by atoms with van der Waals surface area (Å²) in [5, 5.41) is 6.15. The molecular formula is C11H9FN2O. The number of halogens is 1. The minimum atomic E-state index is -0.398. The van der Waals surface area contributed by atoms with Gasteiger partial charge < -0.3 is 0 Å². The van der Waals surface area contributed by atoms with E-state index in [0.717, 1.165) is 6.20 Å². The minimum Gasteiger partial charge on any atom is -0.295 e. The molecule has 1 N–H and O–H groups in total. The summed E-state index contributed by atoms with van der Waals surface area (Å²) in [6.45, 7) is 1.49. The predicted molar refractivity (Wildman–Crippen MR) is 54.0 cm³/mol. The Morgan fingerprint density at radius 2 is 2.00 bits per heavy atom. The normalized spacial score (nSPS) is 10.3. The minimum absolute atomic E-state index is 0.00775. The Labute approximate surface area is 85.9 Å². The number of aromatic nitrogens is 2. The lowest BCUT2D eigenvalue weighted by atomic mass is 10.1. The van der Waals surface area contributed by atoms with Crippen molar-refractivity contribution in [1.82, 2.24) is 10.2 Å². The Bertz CT molecular complexity index is 488. The quantitative estimate of drug-likeness (QED) is 0.763. The number of carbonyl (C=O) groups is 1. The van der Waals surface area contributed by atoms with Crippen LogP contribution in [-0.2, 0) is 0 Å². The van der Waals surface area contributed by atoms with Crippen LogP contribution in [0.3, 0.4) is 0 Å². The summed E-state index contributed by atoms with van der Waals surface area (Å²) in [6.07, 6.45) is 1.12. The molecule has 0 bridgehead atoms. The van der Waals surface area contributed by atoms with Crippen molar-refractivity contribution in [3.05, 3.63) is 41.8 Å². The lowest BCUT2D eigenvalue weighted by molar-refractivity contribution is 0.101. The van der Waals surface area contributed by atoms with Crippen molar-refractivity contribution < 1.29 is 9.18 Å². The maximum absolute atomic E-state index is 13.1. The molecule has 2 rings (SSSR count). The van der Waals surface area contributed by atoms with Crippen LogP contribution < -0.4 is 0 Å². The van der Waals surface area contributed by atoms with E-state index in [1.54, 1.807) is 24.3 Å². The highest BCUT2D eigenvalue weighted by Gasteiger charge is 2.07. The van der Waals surface area contributed by atoms with E-state index in [1.807, 2.05) is 0 Å². The first-order valence-electron chi connectivity index (χ1n) is 4.48. The second-order valence-corrected chi connectivity index (χ2v) is 3.23. The molecule has 0 amide bonds. The first kappa shape index (κ1) is 9.58. The first-order valence-corrected chi connectivity index (χ1v) is 4.48. The molecule has 2 aromatic rings. The number of ketones is 1. The van der Waals surface area contributed by atoms with Gasteiger partial charge in [0, 0.05) is 11.1 Å². The van der Waals surface area contributed by atoms with Crippen LogP contribution in [0.5, 0.6) is 0 Å². The van der Waals surface area contributed by atoms with E-state index in [0.29, 0.717) is 16.8 Å². The molecule has 0 saturated heterocycles. The van der Waals surface area contributed by atoms with Crippen molar-refractivity contribution in [1.29, 1.82) is 0 Å². The smallest absolute Gasteiger partial charge is 0.168 e. The van der Waals surface area contributed by atoms with Gasteiger partial charge in [-0.1, -0.05) is 24.3 Å². The van der Waals surface area contributed by atoms with Crippen molar-refractivity contribution in [2.75, 3.05) is 0 Å². The summed E-state index contributed by atoms with van der Waals surface area (Å²) in [5.74, 6) is -0.405. The van der Waals surface area contributed by atoms with Gasteiger partial charge in [0.05, 0.1) is 6.20 Å². The van der Waals surface area contributed by atoms with E-state index in [1.165, 1.54) is 6.92 Å². The molecule has 76 valence electrons. The lowest BCUT2D eigenvalue weighted by Gasteiger charge is -1.99. The molecule has 0 aliphatic heterocycles. The van der Waals surface area contributed by atoms with E-state index < -0.39 is 5.82 Å². The third-order valence-electron chi connectivity index (χ3n) is 2.17. The van der Waals surface area contributed by atoms with Crippen LogP contribution in [0.2, 0.25) is 0 Å². The molecule has 0 fully saturated rings.